The van der Waals surface area contributed by atoms with Crippen LogP contribution in [0, 0.1) is 0 Å². The molecular weight excluding hydrogens is 212 g/mol. The third kappa shape index (κ3) is 3.54. The summed E-state index contributed by atoms with van der Waals surface area (Å²) in [6, 6.07) is 2.76. The Kier molecular flexibility index (Phi) is 4.57. The number of piperidine rings is 1. The van der Waals surface area contributed by atoms with Crippen molar-refractivity contribution in [3.63, 3.8) is 0 Å². The van der Waals surface area contributed by atoms with Crippen LogP contribution >= 0.6 is 0 Å². The topological polar surface area (TPSA) is 33.1 Å². The summed E-state index contributed by atoms with van der Waals surface area (Å²) in [6.45, 7) is 6.57. The van der Waals surface area contributed by atoms with Gasteiger partial charge < -0.3 is 10.2 Å². The lowest BCUT2D eigenvalue weighted by Crippen LogP contribution is -2.43. The van der Waals surface area contributed by atoms with E-state index in [0.717, 1.165) is 19.5 Å². The number of nitrogens with zero attached hydrogens (tertiary/aromatic N) is 3. The lowest BCUT2D eigenvalue weighted by Gasteiger charge is -2.30. The summed E-state index contributed by atoms with van der Waals surface area (Å²) in [4.78, 5) is 2.41. The molecule has 1 fully saturated rings. The van der Waals surface area contributed by atoms with E-state index in [2.05, 4.69) is 40.0 Å². The second-order valence-electron chi connectivity index (χ2n) is 5.03. The number of likely N-dealkylation sites (tertiary alicyclic amines) is 1. The van der Waals surface area contributed by atoms with Gasteiger partial charge in [-0.2, -0.15) is 5.10 Å². The van der Waals surface area contributed by atoms with Crippen molar-refractivity contribution in [1.29, 1.82) is 0 Å². The molecule has 1 atom stereocenters. The molecule has 1 aliphatic rings. The fraction of sp³-hybridized carbons (Fsp3) is 0.769. The van der Waals surface area contributed by atoms with Gasteiger partial charge in [0.05, 0.1) is 5.69 Å². The zero-order valence-corrected chi connectivity index (χ0v) is 11.0. The third-order valence-corrected chi connectivity index (χ3v) is 3.44. The van der Waals surface area contributed by atoms with Gasteiger partial charge >= 0.3 is 0 Å². The van der Waals surface area contributed by atoms with Crippen LogP contribution in [-0.4, -0.2) is 40.9 Å². The highest BCUT2D eigenvalue weighted by molar-refractivity contribution is 5.00. The average Bonchev–Trinajstić information content (AvgIpc) is 2.75. The van der Waals surface area contributed by atoms with E-state index in [4.69, 9.17) is 0 Å². The predicted octanol–water partition coefficient (Wildman–Crippen LogP) is 1.48. The van der Waals surface area contributed by atoms with Crippen LogP contribution in [0.5, 0.6) is 0 Å². The van der Waals surface area contributed by atoms with Gasteiger partial charge in [-0.1, -0.05) is 6.92 Å². The summed E-state index contributed by atoms with van der Waals surface area (Å²) in [5.74, 6) is 0. The van der Waals surface area contributed by atoms with Gasteiger partial charge in [-0.15, -0.1) is 0 Å². The summed E-state index contributed by atoms with van der Waals surface area (Å²) in [5, 5.41) is 8.00. The number of hydrogen-bond donors (Lipinski definition) is 1. The van der Waals surface area contributed by atoms with Crippen molar-refractivity contribution in [1.82, 2.24) is 20.0 Å². The zero-order valence-electron chi connectivity index (χ0n) is 11.0. The number of hydrogen-bond acceptors (Lipinski definition) is 3. The summed E-state index contributed by atoms with van der Waals surface area (Å²) in [7, 11) is 2.20. The Balaban J connectivity index is 1.82. The van der Waals surface area contributed by atoms with Gasteiger partial charge in [-0.3, -0.25) is 4.68 Å². The number of aryl methyl sites for hydroxylation is 1. The molecule has 2 rings (SSSR count). The highest BCUT2D eigenvalue weighted by atomic mass is 15.3. The molecule has 17 heavy (non-hydrogen) atoms. The summed E-state index contributed by atoms with van der Waals surface area (Å²) < 4.78 is 2.11. The molecule has 1 N–H and O–H groups in total. The van der Waals surface area contributed by atoms with Crippen LogP contribution in [0.2, 0.25) is 0 Å². The van der Waals surface area contributed by atoms with Crippen LogP contribution in [0.1, 0.15) is 31.9 Å². The molecule has 0 saturated carbocycles. The molecule has 0 aliphatic carbocycles. The van der Waals surface area contributed by atoms with Crippen molar-refractivity contribution in [3.8, 4) is 0 Å². The normalized spacial score (nSPS) is 21.9. The second kappa shape index (κ2) is 6.17. The molecule has 1 saturated heterocycles. The maximum absolute atomic E-state index is 4.35. The van der Waals surface area contributed by atoms with E-state index in [1.165, 1.54) is 31.6 Å². The Morgan fingerprint density at radius 1 is 1.53 bits per heavy atom. The monoisotopic (exact) mass is 236 g/mol. The molecule has 4 heteroatoms. The molecule has 4 nitrogen and oxygen atoms in total. The summed E-state index contributed by atoms with van der Waals surface area (Å²) in [5.41, 5.74) is 1.31. The molecule has 0 bridgehead atoms. The van der Waals surface area contributed by atoms with Crippen LogP contribution in [0.15, 0.2) is 12.3 Å². The number of rotatable bonds is 5. The smallest absolute Gasteiger partial charge is 0.0522 e. The fourth-order valence-electron chi connectivity index (χ4n) is 2.51. The van der Waals surface area contributed by atoms with Crippen molar-refractivity contribution >= 4 is 0 Å². The van der Waals surface area contributed by atoms with Crippen LogP contribution < -0.4 is 5.32 Å². The van der Waals surface area contributed by atoms with Crippen LogP contribution in [0.4, 0.5) is 0 Å². The molecular formula is C13H24N4. The molecule has 1 aliphatic heterocycles. The highest BCUT2D eigenvalue weighted by Gasteiger charge is 2.16. The van der Waals surface area contributed by atoms with Gasteiger partial charge in [0.25, 0.3) is 0 Å². The Morgan fingerprint density at radius 3 is 3.18 bits per heavy atom. The van der Waals surface area contributed by atoms with Crippen molar-refractivity contribution in [2.45, 2.75) is 45.3 Å². The van der Waals surface area contributed by atoms with Gasteiger partial charge in [0.2, 0.25) is 0 Å². The zero-order chi connectivity index (χ0) is 12.1. The van der Waals surface area contributed by atoms with E-state index >= 15 is 0 Å². The molecule has 0 amide bonds. The number of nitrogens with one attached hydrogen (secondary N) is 1. The molecule has 0 aromatic carbocycles. The van der Waals surface area contributed by atoms with E-state index in [1.54, 1.807) is 0 Å². The van der Waals surface area contributed by atoms with Crippen LogP contribution in [0.25, 0.3) is 0 Å². The first kappa shape index (κ1) is 12.6. The minimum Gasteiger partial charge on any atom is -0.307 e. The van der Waals surface area contributed by atoms with Gasteiger partial charge in [0.1, 0.15) is 0 Å². The Labute approximate surface area is 104 Å². The van der Waals surface area contributed by atoms with E-state index in [1.807, 2.05) is 6.20 Å². The van der Waals surface area contributed by atoms with E-state index < -0.39 is 0 Å². The van der Waals surface area contributed by atoms with Crippen molar-refractivity contribution in [2.24, 2.45) is 0 Å². The molecule has 96 valence electrons. The number of aromatic nitrogens is 2. The van der Waals surface area contributed by atoms with E-state index in [-0.39, 0.29) is 0 Å². The van der Waals surface area contributed by atoms with Gasteiger partial charge in [-0.05, 0) is 38.9 Å². The van der Waals surface area contributed by atoms with Crippen LogP contribution in [-0.2, 0) is 13.1 Å². The highest BCUT2D eigenvalue weighted by Crippen LogP contribution is 2.09. The first-order valence-electron chi connectivity index (χ1n) is 6.72. The Hall–Kier alpha value is -0.870. The minimum absolute atomic E-state index is 0.638. The first-order valence-corrected chi connectivity index (χ1v) is 6.72. The second-order valence-corrected chi connectivity index (χ2v) is 5.03. The average molecular weight is 236 g/mol. The molecule has 2 heterocycles. The molecule has 0 spiro atoms. The third-order valence-electron chi connectivity index (χ3n) is 3.44. The standard InChI is InChI=1S/C13H24N4/c1-3-8-17-13(6-7-15-17)10-14-12-5-4-9-16(2)11-12/h6-7,12,14H,3-5,8-11H2,1-2H3. The van der Waals surface area contributed by atoms with E-state index in [0.29, 0.717) is 6.04 Å². The van der Waals surface area contributed by atoms with Gasteiger partial charge in [0, 0.05) is 31.9 Å². The molecule has 1 aromatic heterocycles. The van der Waals surface area contributed by atoms with Crippen LogP contribution in [0.3, 0.4) is 0 Å². The molecule has 1 unspecified atom stereocenters. The van der Waals surface area contributed by atoms with Crippen molar-refractivity contribution < 1.29 is 0 Å². The van der Waals surface area contributed by atoms with Gasteiger partial charge in [-0.25, -0.2) is 0 Å². The first-order chi connectivity index (χ1) is 8.29. The van der Waals surface area contributed by atoms with E-state index in [9.17, 15) is 0 Å². The summed E-state index contributed by atoms with van der Waals surface area (Å²) in [6.07, 6.45) is 5.65. The number of likely N-dealkylation sites (N-methyl/N-ethyl adjacent to an activating group) is 1. The molecule has 0 radical (unpaired) electrons. The Morgan fingerprint density at radius 2 is 2.41 bits per heavy atom. The predicted molar refractivity (Wildman–Crippen MR) is 69.9 cm³/mol. The quantitative estimate of drug-likeness (QED) is 0.840. The summed E-state index contributed by atoms with van der Waals surface area (Å²) >= 11 is 0. The van der Waals surface area contributed by atoms with Crippen molar-refractivity contribution in [2.75, 3.05) is 20.1 Å². The largest absolute Gasteiger partial charge is 0.307 e. The Bertz CT molecular complexity index is 334. The SMILES string of the molecule is CCCn1nccc1CNC1CCCN(C)C1. The maximum atomic E-state index is 4.35. The van der Waals surface area contributed by atoms with Crippen molar-refractivity contribution in [3.05, 3.63) is 18.0 Å². The lowest BCUT2D eigenvalue weighted by molar-refractivity contribution is 0.225. The fourth-order valence-corrected chi connectivity index (χ4v) is 2.51. The minimum atomic E-state index is 0.638. The van der Waals surface area contributed by atoms with Gasteiger partial charge in [0.15, 0.2) is 0 Å². The lowest BCUT2D eigenvalue weighted by atomic mass is 10.1. The molecule has 1 aromatic rings. The maximum Gasteiger partial charge on any atom is 0.0522 e.